The molecule has 0 saturated carbocycles. The number of phenols is 1. The Hall–Kier alpha value is -1.59. The average molecular weight is 292 g/mol. The molecule has 108 valence electrons. The van der Waals surface area contributed by atoms with Crippen molar-refractivity contribution in [2.45, 2.75) is 33.4 Å². The molecule has 1 unspecified atom stereocenters. The van der Waals surface area contributed by atoms with E-state index in [4.69, 9.17) is 4.74 Å². The highest BCUT2D eigenvalue weighted by Gasteiger charge is 2.14. The van der Waals surface area contributed by atoms with Gasteiger partial charge in [-0.05, 0) is 26.8 Å². The molecule has 0 radical (unpaired) electrons. The predicted octanol–water partition coefficient (Wildman–Crippen LogP) is 3.32. The lowest BCUT2D eigenvalue weighted by molar-refractivity contribution is 0.369. The SMILES string of the molecule is COc1cccc(CNC(C)c2sc(C)nc2C)c1O. The molecule has 1 aromatic heterocycles. The van der Waals surface area contributed by atoms with Crippen molar-refractivity contribution in [1.82, 2.24) is 10.3 Å². The number of rotatable bonds is 5. The number of ether oxygens (including phenoxy) is 1. The van der Waals surface area contributed by atoms with E-state index >= 15 is 0 Å². The van der Waals surface area contributed by atoms with Crippen molar-refractivity contribution in [1.29, 1.82) is 0 Å². The van der Waals surface area contributed by atoms with Crippen LogP contribution < -0.4 is 10.1 Å². The maximum absolute atomic E-state index is 10.1. The molecule has 5 heteroatoms. The fourth-order valence-electron chi connectivity index (χ4n) is 2.18. The van der Waals surface area contributed by atoms with E-state index in [1.165, 1.54) is 4.88 Å². The highest BCUT2D eigenvalue weighted by molar-refractivity contribution is 7.11. The Bertz CT molecular complexity index is 596. The van der Waals surface area contributed by atoms with Crippen molar-refractivity contribution in [3.8, 4) is 11.5 Å². The summed E-state index contributed by atoms with van der Waals surface area (Å²) in [6.45, 7) is 6.74. The van der Waals surface area contributed by atoms with E-state index in [9.17, 15) is 5.11 Å². The summed E-state index contributed by atoms with van der Waals surface area (Å²) in [6, 6.07) is 5.72. The Morgan fingerprint density at radius 2 is 2.15 bits per heavy atom. The van der Waals surface area contributed by atoms with Crippen molar-refractivity contribution < 1.29 is 9.84 Å². The second kappa shape index (κ2) is 6.24. The summed E-state index contributed by atoms with van der Waals surface area (Å²) in [5, 5.41) is 14.6. The molecule has 2 aromatic rings. The highest BCUT2D eigenvalue weighted by Crippen LogP contribution is 2.30. The minimum absolute atomic E-state index is 0.201. The third kappa shape index (κ3) is 3.11. The molecular formula is C15H20N2O2S. The Morgan fingerprint density at radius 3 is 2.75 bits per heavy atom. The average Bonchev–Trinajstić information content (AvgIpc) is 2.76. The van der Waals surface area contributed by atoms with Crippen LogP contribution in [0.3, 0.4) is 0 Å². The number of para-hydroxylation sites is 1. The molecule has 0 bridgehead atoms. The van der Waals surface area contributed by atoms with Gasteiger partial charge in [-0.1, -0.05) is 12.1 Å². The van der Waals surface area contributed by atoms with Crippen molar-refractivity contribution in [3.05, 3.63) is 39.3 Å². The largest absolute Gasteiger partial charge is 0.504 e. The van der Waals surface area contributed by atoms with E-state index in [0.29, 0.717) is 12.3 Å². The van der Waals surface area contributed by atoms with E-state index < -0.39 is 0 Å². The van der Waals surface area contributed by atoms with Crippen LogP contribution in [0.25, 0.3) is 0 Å². The summed E-state index contributed by atoms with van der Waals surface area (Å²) in [5.41, 5.74) is 1.90. The molecular weight excluding hydrogens is 272 g/mol. The van der Waals surface area contributed by atoms with Crippen LogP contribution >= 0.6 is 11.3 Å². The molecule has 2 rings (SSSR count). The van der Waals surface area contributed by atoms with Gasteiger partial charge in [-0.2, -0.15) is 0 Å². The molecule has 0 aliphatic rings. The van der Waals surface area contributed by atoms with Crippen LogP contribution in [-0.2, 0) is 6.54 Å². The number of aromatic hydroxyl groups is 1. The number of aromatic nitrogens is 1. The van der Waals surface area contributed by atoms with E-state index in [0.717, 1.165) is 16.3 Å². The standard InChI is InChI=1S/C15H20N2O2S/c1-9(15-10(2)17-11(3)20-15)16-8-12-6-5-7-13(19-4)14(12)18/h5-7,9,16,18H,8H2,1-4H3. The first-order valence-electron chi connectivity index (χ1n) is 6.55. The van der Waals surface area contributed by atoms with E-state index in [2.05, 4.69) is 17.2 Å². The molecule has 4 nitrogen and oxygen atoms in total. The molecule has 0 aliphatic carbocycles. The number of aryl methyl sites for hydroxylation is 2. The normalized spacial score (nSPS) is 12.4. The van der Waals surface area contributed by atoms with Crippen LogP contribution in [-0.4, -0.2) is 17.2 Å². The van der Waals surface area contributed by atoms with Crippen molar-refractivity contribution in [2.75, 3.05) is 7.11 Å². The molecule has 0 aliphatic heterocycles. The summed E-state index contributed by atoms with van der Waals surface area (Å²) in [4.78, 5) is 5.68. The Balaban J connectivity index is 2.07. The zero-order valence-electron chi connectivity index (χ0n) is 12.2. The van der Waals surface area contributed by atoms with Crippen molar-refractivity contribution in [3.63, 3.8) is 0 Å². The second-order valence-electron chi connectivity index (χ2n) is 4.75. The predicted molar refractivity (Wildman–Crippen MR) is 81.5 cm³/mol. The Morgan fingerprint density at radius 1 is 1.40 bits per heavy atom. The van der Waals surface area contributed by atoms with E-state index in [1.54, 1.807) is 24.5 Å². The van der Waals surface area contributed by atoms with Crippen LogP contribution in [0.1, 0.15) is 34.1 Å². The number of hydrogen-bond acceptors (Lipinski definition) is 5. The number of nitrogens with one attached hydrogen (secondary N) is 1. The lowest BCUT2D eigenvalue weighted by atomic mass is 10.1. The van der Waals surface area contributed by atoms with Gasteiger partial charge in [-0.3, -0.25) is 0 Å². The summed E-state index contributed by atoms with van der Waals surface area (Å²) in [6.07, 6.45) is 0. The molecule has 1 aromatic carbocycles. The Labute approximate surface area is 123 Å². The fraction of sp³-hybridized carbons (Fsp3) is 0.400. The summed E-state index contributed by atoms with van der Waals surface area (Å²) < 4.78 is 5.11. The number of hydrogen-bond donors (Lipinski definition) is 2. The first-order chi connectivity index (χ1) is 9.52. The molecule has 0 spiro atoms. The summed E-state index contributed by atoms with van der Waals surface area (Å²) in [7, 11) is 1.55. The number of nitrogens with zero attached hydrogens (tertiary/aromatic N) is 1. The van der Waals surface area contributed by atoms with Gasteiger partial charge in [0.2, 0.25) is 0 Å². The van der Waals surface area contributed by atoms with Gasteiger partial charge >= 0.3 is 0 Å². The third-order valence-electron chi connectivity index (χ3n) is 3.23. The number of thiazole rings is 1. The molecule has 1 heterocycles. The van der Waals surface area contributed by atoms with Gasteiger partial charge in [0.05, 0.1) is 17.8 Å². The molecule has 20 heavy (non-hydrogen) atoms. The van der Waals surface area contributed by atoms with Crippen LogP contribution in [0, 0.1) is 13.8 Å². The first-order valence-corrected chi connectivity index (χ1v) is 7.36. The van der Waals surface area contributed by atoms with Crippen LogP contribution in [0.15, 0.2) is 18.2 Å². The quantitative estimate of drug-likeness (QED) is 0.887. The maximum atomic E-state index is 10.1. The maximum Gasteiger partial charge on any atom is 0.162 e. The minimum atomic E-state index is 0.201. The van der Waals surface area contributed by atoms with E-state index in [-0.39, 0.29) is 11.8 Å². The van der Waals surface area contributed by atoms with Crippen molar-refractivity contribution in [2.24, 2.45) is 0 Å². The van der Waals surface area contributed by atoms with Gasteiger partial charge < -0.3 is 15.2 Å². The number of methoxy groups -OCH3 is 1. The lowest BCUT2D eigenvalue weighted by Crippen LogP contribution is -2.18. The zero-order chi connectivity index (χ0) is 14.7. The van der Waals surface area contributed by atoms with Crippen LogP contribution in [0.4, 0.5) is 0 Å². The molecule has 0 saturated heterocycles. The van der Waals surface area contributed by atoms with Gasteiger partial charge in [0.25, 0.3) is 0 Å². The molecule has 0 amide bonds. The topological polar surface area (TPSA) is 54.4 Å². The van der Waals surface area contributed by atoms with Gasteiger partial charge in [0.1, 0.15) is 0 Å². The van der Waals surface area contributed by atoms with Crippen LogP contribution in [0.5, 0.6) is 11.5 Å². The molecule has 2 N–H and O–H groups in total. The number of phenolic OH excluding ortho intramolecular Hbond substituents is 1. The third-order valence-corrected chi connectivity index (χ3v) is 4.49. The number of benzene rings is 1. The lowest BCUT2D eigenvalue weighted by Gasteiger charge is -2.14. The highest BCUT2D eigenvalue weighted by atomic mass is 32.1. The fourth-order valence-corrected chi connectivity index (χ4v) is 3.13. The smallest absolute Gasteiger partial charge is 0.162 e. The van der Waals surface area contributed by atoms with Gasteiger partial charge in [-0.25, -0.2) is 4.98 Å². The van der Waals surface area contributed by atoms with Gasteiger partial charge in [0, 0.05) is 23.0 Å². The monoisotopic (exact) mass is 292 g/mol. The minimum Gasteiger partial charge on any atom is -0.504 e. The summed E-state index contributed by atoms with van der Waals surface area (Å²) in [5.74, 6) is 0.702. The summed E-state index contributed by atoms with van der Waals surface area (Å²) >= 11 is 1.71. The van der Waals surface area contributed by atoms with Gasteiger partial charge in [-0.15, -0.1) is 11.3 Å². The molecule has 1 atom stereocenters. The van der Waals surface area contributed by atoms with E-state index in [1.807, 2.05) is 26.0 Å². The first kappa shape index (κ1) is 14.8. The second-order valence-corrected chi connectivity index (χ2v) is 5.99. The van der Waals surface area contributed by atoms with Crippen LogP contribution in [0.2, 0.25) is 0 Å². The van der Waals surface area contributed by atoms with Crippen molar-refractivity contribution >= 4 is 11.3 Å². The molecule has 0 fully saturated rings. The Kier molecular flexibility index (Phi) is 4.62. The van der Waals surface area contributed by atoms with Gasteiger partial charge in [0.15, 0.2) is 11.5 Å². The zero-order valence-corrected chi connectivity index (χ0v) is 13.0.